The van der Waals surface area contributed by atoms with Crippen molar-refractivity contribution in [3.05, 3.63) is 17.5 Å². The van der Waals surface area contributed by atoms with Crippen LogP contribution in [-0.4, -0.2) is 45.0 Å². The molecule has 1 aromatic heterocycles. The smallest absolute Gasteiger partial charge is 0.317 e. The molecule has 2 rings (SSSR count). The molecule has 0 radical (unpaired) electrons. The van der Waals surface area contributed by atoms with E-state index in [1.54, 1.807) is 22.8 Å². The molecule has 0 aliphatic heterocycles. The molecule has 1 heterocycles. The summed E-state index contributed by atoms with van der Waals surface area (Å²) in [5, 5.41) is 17.3. The lowest BCUT2D eigenvalue weighted by atomic mass is 10.0. The van der Waals surface area contributed by atoms with Crippen LogP contribution in [-0.2, 0) is 13.6 Å². The highest BCUT2D eigenvalue weighted by atomic mass is 16.3. The first-order valence-electron chi connectivity index (χ1n) is 7.10. The summed E-state index contributed by atoms with van der Waals surface area (Å²) in [6, 6.07) is -0.159. The maximum atomic E-state index is 12.0. The molecule has 0 aromatic carbocycles. The second-order valence-electron chi connectivity index (χ2n) is 5.83. The van der Waals surface area contributed by atoms with Gasteiger partial charge in [-0.05, 0) is 19.8 Å². The third kappa shape index (κ3) is 3.30. The van der Waals surface area contributed by atoms with Crippen molar-refractivity contribution >= 4 is 6.03 Å². The van der Waals surface area contributed by atoms with Gasteiger partial charge in [-0.3, -0.25) is 4.68 Å². The lowest BCUT2D eigenvalue weighted by molar-refractivity contribution is 0.0247. The Morgan fingerprint density at radius 3 is 2.75 bits per heavy atom. The van der Waals surface area contributed by atoms with Crippen molar-refractivity contribution in [1.29, 1.82) is 0 Å². The second-order valence-corrected chi connectivity index (χ2v) is 5.83. The van der Waals surface area contributed by atoms with Crippen molar-refractivity contribution in [3.63, 3.8) is 0 Å². The first-order chi connectivity index (χ1) is 9.41. The molecule has 0 atom stereocenters. The number of nitrogens with zero attached hydrogens (tertiary/aromatic N) is 3. The van der Waals surface area contributed by atoms with Gasteiger partial charge in [0.1, 0.15) is 0 Å². The fourth-order valence-corrected chi connectivity index (χ4v) is 2.73. The van der Waals surface area contributed by atoms with E-state index in [2.05, 4.69) is 10.4 Å². The average Bonchev–Trinajstić information content (AvgIpc) is 2.95. The van der Waals surface area contributed by atoms with Gasteiger partial charge in [-0.1, -0.05) is 12.8 Å². The largest absolute Gasteiger partial charge is 0.388 e. The van der Waals surface area contributed by atoms with Crippen molar-refractivity contribution in [2.75, 3.05) is 13.6 Å². The van der Waals surface area contributed by atoms with Crippen LogP contribution in [0.3, 0.4) is 0 Å². The summed E-state index contributed by atoms with van der Waals surface area (Å²) in [5.74, 6) is 0. The number of amides is 2. The molecule has 6 nitrogen and oxygen atoms in total. The average molecular weight is 280 g/mol. The molecule has 0 bridgehead atoms. The first-order valence-corrected chi connectivity index (χ1v) is 7.10. The minimum atomic E-state index is -0.698. The van der Waals surface area contributed by atoms with Crippen LogP contribution in [0, 0.1) is 6.92 Å². The number of aromatic nitrogens is 2. The quantitative estimate of drug-likeness (QED) is 0.870. The number of aliphatic hydroxyl groups is 1. The maximum Gasteiger partial charge on any atom is 0.317 e. The number of carbonyl (C=O) groups excluding carboxylic acids is 1. The van der Waals surface area contributed by atoms with Gasteiger partial charge in [0.05, 0.1) is 18.3 Å². The highest BCUT2D eigenvalue weighted by Gasteiger charge is 2.33. The van der Waals surface area contributed by atoms with Gasteiger partial charge in [-0.25, -0.2) is 4.79 Å². The molecule has 1 fully saturated rings. The normalized spacial score (nSPS) is 17.2. The second kappa shape index (κ2) is 5.83. The summed E-state index contributed by atoms with van der Waals surface area (Å²) >= 11 is 0. The Kier molecular flexibility index (Phi) is 4.32. The van der Waals surface area contributed by atoms with Gasteiger partial charge in [0.15, 0.2) is 0 Å². The highest BCUT2D eigenvalue weighted by molar-refractivity contribution is 5.73. The van der Waals surface area contributed by atoms with Crippen LogP contribution in [0.25, 0.3) is 0 Å². The molecule has 20 heavy (non-hydrogen) atoms. The number of hydrogen-bond donors (Lipinski definition) is 2. The van der Waals surface area contributed by atoms with Gasteiger partial charge < -0.3 is 15.3 Å². The first kappa shape index (κ1) is 14.8. The van der Waals surface area contributed by atoms with E-state index in [9.17, 15) is 9.90 Å². The summed E-state index contributed by atoms with van der Waals surface area (Å²) < 4.78 is 1.78. The number of hydrogen-bond acceptors (Lipinski definition) is 3. The molecule has 2 N–H and O–H groups in total. The molecular weight excluding hydrogens is 256 g/mol. The SMILES string of the molecule is Cc1c(CNC(=O)N(C)CC2(O)CCCC2)cnn1C. The fraction of sp³-hybridized carbons (Fsp3) is 0.714. The molecule has 1 aliphatic carbocycles. The molecule has 0 spiro atoms. The summed E-state index contributed by atoms with van der Waals surface area (Å²) in [7, 11) is 3.60. The number of nitrogens with one attached hydrogen (secondary N) is 1. The molecular formula is C14H24N4O2. The van der Waals surface area contributed by atoms with E-state index in [0.29, 0.717) is 13.1 Å². The van der Waals surface area contributed by atoms with E-state index in [1.807, 2.05) is 14.0 Å². The van der Waals surface area contributed by atoms with Gasteiger partial charge >= 0.3 is 6.03 Å². The monoisotopic (exact) mass is 280 g/mol. The maximum absolute atomic E-state index is 12.0. The number of carbonyl (C=O) groups is 1. The molecule has 1 aromatic rings. The van der Waals surface area contributed by atoms with Crippen LogP contribution >= 0.6 is 0 Å². The minimum absolute atomic E-state index is 0.159. The zero-order valence-electron chi connectivity index (χ0n) is 12.5. The molecule has 0 saturated heterocycles. The van der Waals surface area contributed by atoms with Gasteiger partial charge in [0.2, 0.25) is 0 Å². The van der Waals surface area contributed by atoms with Crippen molar-refractivity contribution < 1.29 is 9.90 Å². The Hall–Kier alpha value is -1.56. The van der Waals surface area contributed by atoms with Crippen LogP contribution in [0.15, 0.2) is 6.20 Å². The zero-order valence-corrected chi connectivity index (χ0v) is 12.5. The Labute approximate surface area is 119 Å². The van der Waals surface area contributed by atoms with Crippen LogP contribution < -0.4 is 5.32 Å². The topological polar surface area (TPSA) is 70.4 Å². The summed E-state index contributed by atoms with van der Waals surface area (Å²) in [4.78, 5) is 13.6. The fourth-order valence-electron chi connectivity index (χ4n) is 2.73. The number of rotatable bonds is 4. The summed E-state index contributed by atoms with van der Waals surface area (Å²) in [5.41, 5.74) is 1.35. The lowest BCUT2D eigenvalue weighted by Crippen LogP contribution is -2.45. The summed E-state index contributed by atoms with van der Waals surface area (Å²) in [6.07, 6.45) is 5.42. The minimum Gasteiger partial charge on any atom is -0.388 e. The van der Waals surface area contributed by atoms with E-state index < -0.39 is 5.60 Å². The highest BCUT2D eigenvalue weighted by Crippen LogP contribution is 2.29. The Bertz CT molecular complexity index is 478. The van der Waals surface area contributed by atoms with Gasteiger partial charge in [0, 0.05) is 31.9 Å². The van der Waals surface area contributed by atoms with Gasteiger partial charge in [-0.15, -0.1) is 0 Å². The Morgan fingerprint density at radius 2 is 2.20 bits per heavy atom. The zero-order chi connectivity index (χ0) is 14.8. The van der Waals surface area contributed by atoms with Gasteiger partial charge in [-0.2, -0.15) is 5.10 Å². The lowest BCUT2D eigenvalue weighted by Gasteiger charge is -2.28. The third-order valence-electron chi connectivity index (χ3n) is 4.18. The van der Waals surface area contributed by atoms with Crippen LogP contribution in [0.4, 0.5) is 4.79 Å². The van der Waals surface area contributed by atoms with E-state index in [1.165, 1.54) is 0 Å². The molecule has 1 aliphatic rings. The Morgan fingerprint density at radius 1 is 1.55 bits per heavy atom. The number of urea groups is 1. The van der Waals surface area contributed by atoms with E-state index in [4.69, 9.17) is 0 Å². The van der Waals surface area contributed by atoms with Crippen molar-refractivity contribution in [2.45, 2.75) is 44.8 Å². The van der Waals surface area contributed by atoms with Gasteiger partial charge in [0.25, 0.3) is 0 Å². The third-order valence-corrected chi connectivity index (χ3v) is 4.18. The molecule has 6 heteroatoms. The van der Waals surface area contributed by atoms with Crippen molar-refractivity contribution in [1.82, 2.24) is 20.0 Å². The van der Waals surface area contributed by atoms with E-state index >= 15 is 0 Å². The molecule has 112 valence electrons. The van der Waals surface area contributed by atoms with Crippen molar-refractivity contribution in [2.24, 2.45) is 7.05 Å². The van der Waals surface area contributed by atoms with E-state index in [-0.39, 0.29) is 6.03 Å². The van der Waals surface area contributed by atoms with Crippen molar-refractivity contribution in [3.8, 4) is 0 Å². The number of likely N-dealkylation sites (N-methyl/N-ethyl adjacent to an activating group) is 1. The van der Waals surface area contributed by atoms with Crippen LogP contribution in [0.2, 0.25) is 0 Å². The van der Waals surface area contributed by atoms with Crippen LogP contribution in [0.5, 0.6) is 0 Å². The molecule has 0 unspecified atom stereocenters. The predicted octanol–water partition coefficient (Wildman–Crippen LogP) is 1.18. The van der Waals surface area contributed by atoms with E-state index in [0.717, 1.165) is 36.9 Å². The summed E-state index contributed by atoms with van der Waals surface area (Å²) in [6.45, 7) is 2.82. The standard InChI is InChI=1S/C14H24N4O2/c1-11-12(9-16-18(11)3)8-15-13(19)17(2)10-14(20)6-4-5-7-14/h9,20H,4-8,10H2,1-3H3,(H,15,19). The Balaban J connectivity index is 1.83. The molecule has 1 saturated carbocycles. The number of aryl methyl sites for hydroxylation is 1. The van der Waals surface area contributed by atoms with Crippen LogP contribution in [0.1, 0.15) is 36.9 Å². The molecule has 2 amide bonds. The predicted molar refractivity (Wildman–Crippen MR) is 76.2 cm³/mol.